The summed E-state index contributed by atoms with van der Waals surface area (Å²) in [6.07, 6.45) is 5.59. The number of anilines is 1. The number of aromatic nitrogens is 2. The normalized spacial score (nSPS) is 10.8. The Morgan fingerprint density at radius 3 is 2.45 bits per heavy atom. The lowest BCUT2D eigenvalue weighted by molar-refractivity contribution is 0.102. The zero-order chi connectivity index (χ0) is 23.8. The van der Waals surface area contributed by atoms with Crippen LogP contribution < -0.4 is 14.8 Å². The number of nitrogens with zero attached hydrogens (tertiary/aromatic N) is 2. The van der Waals surface area contributed by atoms with Gasteiger partial charge in [0.2, 0.25) is 5.82 Å². The van der Waals surface area contributed by atoms with Crippen molar-refractivity contribution in [2.45, 2.75) is 46.0 Å². The number of aryl methyl sites for hydroxylation is 1. The topological polar surface area (TPSA) is 86.5 Å². The maximum Gasteiger partial charge on any atom is 0.257 e. The number of carbonyl (C=O) groups excluding carboxylic acids is 1. The molecule has 3 rings (SSSR count). The predicted octanol–water partition coefficient (Wildman–Crippen LogP) is 6.96. The number of ether oxygens (including phenoxy) is 2. The van der Waals surface area contributed by atoms with E-state index in [9.17, 15) is 4.79 Å². The van der Waals surface area contributed by atoms with E-state index in [1.54, 1.807) is 13.2 Å². The molecule has 176 valence electrons. The Labute approximate surface area is 203 Å². The van der Waals surface area contributed by atoms with Crippen LogP contribution in [0.1, 0.15) is 54.9 Å². The first-order chi connectivity index (χ1) is 15.9. The van der Waals surface area contributed by atoms with Gasteiger partial charge >= 0.3 is 0 Å². The van der Waals surface area contributed by atoms with E-state index in [-0.39, 0.29) is 21.4 Å². The van der Waals surface area contributed by atoms with Gasteiger partial charge in [-0.05, 0) is 59.6 Å². The largest absolute Gasteiger partial charge is 0.497 e. The van der Waals surface area contributed by atoms with Gasteiger partial charge in [-0.25, -0.2) is 4.63 Å². The van der Waals surface area contributed by atoms with Crippen LogP contribution in [0.2, 0.25) is 10.0 Å². The molecule has 2 aromatic carbocycles. The Balaban J connectivity index is 1.70. The fraction of sp³-hybridized carbons (Fsp3) is 0.375. The number of hydrogen-bond acceptors (Lipinski definition) is 6. The average molecular weight is 492 g/mol. The molecular formula is C24H27Cl2N3O4. The van der Waals surface area contributed by atoms with E-state index >= 15 is 0 Å². The molecule has 33 heavy (non-hydrogen) atoms. The Morgan fingerprint density at radius 1 is 1.06 bits per heavy atom. The van der Waals surface area contributed by atoms with E-state index < -0.39 is 5.91 Å². The zero-order valence-electron chi connectivity index (χ0n) is 18.9. The second-order valence-corrected chi connectivity index (χ2v) is 8.44. The third kappa shape index (κ3) is 6.39. The van der Waals surface area contributed by atoms with Gasteiger partial charge < -0.3 is 14.8 Å². The molecule has 0 atom stereocenters. The van der Waals surface area contributed by atoms with Crippen molar-refractivity contribution in [2.24, 2.45) is 0 Å². The highest BCUT2D eigenvalue weighted by atomic mass is 35.5. The second-order valence-electron chi connectivity index (χ2n) is 7.63. The molecule has 0 aliphatic carbocycles. The number of carbonyl (C=O) groups is 1. The summed E-state index contributed by atoms with van der Waals surface area (Å²) < 4.78 is 15.9. The first-order valence-electron chi connectivity index (χ1n) is 10.8. The fourth-order valence-electron chi connectivity index (χ4n) is 3.36. The maximum absolute atomic E-state index is 12.9. The predicted molar refractivity (Wildman–Crippen MR) is 130 cm³/mol. The molecule has 0 radical (unpaired) electrons. The van der Waals surface area contributed by atoms with Gasteiger partial charge in [-0.15, -0.1) is 0 Å². The molecule has 0 aliphatic heterocycles. The molecule has 0 saturated carbocycles. The third-order valence-electron chi connectivity index (χ3n) is 5.16. The lowest BCUT2D eigenvalue weighted by Gasteiger charge is -2.12. The summed E-state index contributed by atoms with van der Waals surface area (Å²) in [5.74, 6) is 0.829. The van der Waals surface area contributed by atoms with Crippen molar-refractivity contribution in [3.8, 4) is 22.8 Å². The van der Waals surface area contributed by atoms with Crippen molar-refractivity contribution in [1.82, 2.24) is 10.3 Å². The van der Waals surface area contributed by atoms with E-state index in [1.807, 2.05) is 19.1 Å². The molecule has 0 saturated heterocycles. The molecule has 0 spiro atoms. The van der Waals surface area contributed by atoms with Crippen LogP contribution in [0.25, 0.3) is 11.3 Å². The summed E-state index contributed by atoms with van der Waals surface area (Å²) in [4.78, 5) is 12.9. The molecule has 1 N–H and O–H groups in total. The van der Waals surface area contributed by atoms with Gasteiger partial charge in [0.25, 0.3) is 5.91 Å². The molecule has 3 aromatic rings. The van der Waals surface area contributed by atoms with Gasteiger partial charge in [0.1, 0.15) is 5.75 Å². The highest BCUT2D eigenvalue weighted by molar-refractivity contribution is 6.37. The first kappa shape index (κ1) is 24.9. The molecule has 1 aromatic heterocycles. The molecule has 1 amide bonds. The minimum atomic E-state index is -0.451. The second kappa shape index (κ2) is 11.9. The van der Waals surface area contributed by atoms with Gasteiger partial charge in [-0.2, -0.15) is 0 Å². The first-order valence-corrected chi connectivity index (χ1v) is 11.6. The number of hydrogen-bond donors (Lipinski definition) is 1. The molecule has 0 unspecified atom stereocenters. The standard InChI is InChI=1S/C24H27Cl2N3O4/c1-4-5-6-7-8-11-32-22-19(25)13-16(14-20(22)26)24(30)27-23-21(28-33-29-23)18-10-9-17(31-3)12-15(18)2/h9-10,12-14H,4-8,11H2,1-3H3,(H,27,29,30). The fourth-order valence-corrected chi connectivity index (χ4v) is 3.96. The van der Waals surface area contributed by atoms with E-state index in [1.165, 1.54) is 31.4 Å². The average Bonchev–Trinajstić information content (AvgIpc) is 3.25. The van der Waals surface area contributed by atoms with Crippen LogP contribution in [-0.2, 0) is 0 Å². The van der Waals surface area contributed by atoms with E-state index in [4.69, 9.17) is 37.3 Å². The van der Waals surface area contributed by atoms with Crippen LogP contribution in [0.4, 0.5) is 5.82 Å². The summed E-state index contributed by atoms with van der Waals surface area (Å²) in [5.41, 5.74) is 2.32. The van der Waals surface area contributed by atoms with Crippen LogP contribution in [0.15, 0.2) is 35.0 Å². The minimum Gasteiger partial charge on any atom is -0.497 e. The zero-order valence-corrected chi connectivity index (χ0v) is 20.4. The molecule has 9 heteroatoms. The van der Waals surface area contributed by atoms with Crippen LogP contribution in [0, 0.1) is 6.92 Å². The van der Waals surface area contributed by atoms with Crippen molar-refractivity contribution >= 4 is 34.9 Å². The summed E-state index contributed by atoms with van der Waals surface area (Å²) in [6.45, 7) is 4.60. The molecule has 7 nitrogen and oxygen atoms in total. The van der Waals surface area contributed by atoms with Gasteiger partial charge in [0, 0.05) is 11.1 Å². The quantitative estimate of drug-likeness (QED) is 0.291. The van der Waals surface area contributed by atoms with Gasteiger partial charge in [-0.3, -0.25) is 4.79 Å². The van der Waals surface area contributed by atoms with E-state index in [0.29, 0.717) is 23.8 Å². The Hall–Kier alpha value is -2.77. The molecule has 0 bridgehead atoms. The van der Waals surface area contributed by atoms with Gasteiger partial charge in [0.15, 0.2) is 11.4 Å². The summed E-state index contributed by atoms with van der Waals surface area (Å²) in [6, 6.07) is 8.51. The lowest BCUT2D eigenvalue weighted by atomic mass is 10.1. The minimum absolute atomic E-state index is 0.188. The molecular weight excluding hydrogens is 465 g/mol. The summed E-state index contributed by atoms with van der Waals surface area (Å²) in [5, 5.41) is 11.0. The SMILES string of the molecule is CCCCCCCOc1c(Cl)cc(C(=O)Nc2nonc2-c2ccc(OC)cc2C)cc1Cl. The Bertz CT molecular complexity index is 1080. The number of rotatable bonds is 11. The highest BCUT2D eigenvalue weighted by Crippen LogP contribution is 2.35. The number of amides is 1. The Morgan fingerprint density at radius 2 is 1.79 bits per heavy atom. The van der Waals surface area contributed by atoms with Crippen LogP contribution >= 0.6 is 23.2 Å². The summed E-state index contributed by atoms with van der Waals surface area (Å²) >= 11 is 12.7. The van der Waals surface area contributed by atoms with Gasteiger partial charge in [-0.1, -0.05) is 55.8 Å². The number of benzene rings is 2. The van der Waals surface area contributed by atoms with E-state index in [2.05, 4.69) is 22.6 Å². The third-order valence-corrected chi connectivity index (χ3v) is 5.73. The van der Waals surface area contributed by atoms with Crippen molar-refractivity contribution < 1.29 is 18.9 Å². The van der Waals surface area contributed by atoms with Crippen LogP contribution in [0.5, 0.6) is 11.5 Å². The maximum atomic E-state index is 12.9. The van der Waals surface area contributed by atoms with Crippen molar-refractivity contribution in [3.05, 3.63) is 51.5 Å². The van der Waals surface area contributed by atoms with Gasteiger partial charge in [0.05, 0.1) is 23.8 Å². The number of methoxy groups -OCH3 is 1. The number of halogens is 2. The van der Waals surface area contributed by atoms with E-state index in [0.717, 1.165) is 24.0 Å². The molecule has 1 heterocycles. The van der Waals surface area contributed by atoms with Crippen molar-refractivity contribution in [3.63, 3.8) is 0 Å². The van der Waals surface area contributed by atoms with Crippen molar-refractivity contribution in [2.75, 3.05) is 19.0 Å². The number of nitrogens with one attached hydrogen (secondary N) is 1. The smallest absolute Gasteiger partial charge is 0.257 e. The van der Waals surface area contributed by atoms with Crippen LogP contribution in [-0.4, -0.2) is 29.9 Å². The Kier molecular flexibility index (Phi) is 8.97. The molecule has 0 aliphatic rings. The molecule has 0 fully saturated rings. The summed E-state index contributed by atoms with van der Waals surface area (Å²) in [7, 11) is 1.60. The highest BCUT2D eigenvalue weighted by Gasteiger charge is 2.20. The number of unbranched alkanes of at least 4 members (excludes halogenated alkanes) is 4. The van der Waals surface area contributed by atoms with Crippen molar-refractivity contribution in [1.29, 1.82) is 0 Å². The lowest BCUT2D eigenvalue weighted by Crippen LogP contribution is -2.13. The van der Waals surface area contributed by atoms with Crippen LogP contribution in [0.3, 0.4) is 0 Å². The monoisotopic (exact) mass is 491 g/mol.